The maximum atomic E-state index is 12.2. The van der Waals surface area contributed by atoms with Crippen molar-refractivity contribution in [2.45, 2.75) is 44.4 Å². The fraction of sp³-hybridized carbons (Fsp3) is 0.579. The number of carbonyl (C=O) groups excluding carboxylic acids is 2. The molecule has 3 rings (SSSR count). The summed E-state index contributed by atoms with van der Waals surface area (Å²) in [5.74, 6) is -0.563. The molecule has 0 aliphatic carbocycles. The summed E-state index contributed by atoms with van der Waals surface area (Å²) in [7, 11) is 0. The normalized spacial score (nSPS) is 20.5. The number of ether oxygens (including phenoxy) is 2. The monoisotopic (exact) mass is 346 g/mol. The number of hydrogen-bond acceptors (Lipinski definition) is 5. The number of piperidine rings is 1. The van der Waals surface area contributed by atoms with Crippen LogP contribution >= 0.6 is 0 Å². The standard InChI is InChI=1S/C19H26N2O4/c1-15(18(23)24-14-16-5-3-2-4-6-16)20-17(22)13-21-10-7-19(8-11-21)9-12-25-19/h2-6,15H,7-14H2,1H3,(H,20,22)/t15-/m0/s1. The molecule has 2 fully saturated rings. The fourth-order valence-corrected chi connectivity index (χ4v) is 3.31. The Hall–Kier alpha value is -1.92. The lowest BCUT2D eigenvalue weighted by Gasteiger charge is -2.47. The van der Waals surface area contributed by atoms with Crippen molar-refractivity contribution in [3.05, 3.63) is 35.9 Å². The van der Waals surface area contributed by atoms with Crippen LogP contribution in [0.15, 0.2) is 30.3 Å². The molecule has 0 unspecified atom stereocenters. The van der Waals surface area contributed by atoms with Gasteiger partial charge in [-0.2, -0.15) is 0 Å². The molecule has 2 heterocycles. The second-order valence-electron chi connectivity index (χ2n) is 6.94. The van der Waals surface area contributed by atoms with E-state index in [1.807, 2.05) is 30.3 Å². The van der Waals surface area contributed by atoms with E-state index in [1.54, 1.807) is 6.92 Å². The number of amides is 1. The molecule has 2 saturated heterocycles. The summed E-state index contributed by atoms with van der Waals surface area (Å²) in [5.41, 5.74) is 1.01. The van der Waals surface area contributed by atoms with E-state index in [4.69, 9.17) is 9.47 Å². The molecule has 1 amide bonds. The number of benzene rings is 1. The van der Waals surface area contributed by atoms with Crippen molar-refractivity contribution in [3.63, 3.8) is 0 Å². The van der Waals surface area contributed by atoms with E-state index in [9.17, 15) is 9.59 Å². The number of nitrogens with one attached hydrogen (secondary N) is 1. The lowest BCUT2D eigenvalue weighted by Crippen LogP contribution is -2.54. The first-order valence-electron chi connectivity index (χ1n) is 8.93. The van der Waals surface area contributed by atoms with Crippen LogP contribution in [0.5, 0.6) is 0 Å². The van der Waals surface area contributed by atoms with E-state index in [0.29, 0.717) is 6.54 Å². The average molecular weight is 346 g/mol. The maximum absolute atomic E-state index is 12.2. The zero-order chi connectivity index (χ0) is 17.7. The summed E-state index contributed by atoms with van der Waals surface area (Å²) >= 11 is 0. The van der Waals surface area contributed by atoms with E-state index in [-0.39, 0.29) is 18.1 Å². The van der Waals surface area contributed by atoms with Crippen molar-refractivity contribution in [2.24, 2.45) is 0 Å². The Morgan fingerprint density at radius 3 is 2.52 bits per heavy atom. The van der Waals surface area contributed by atoms with Gasteiger partial charge in [0.2, 0.25) is 5.91 Å². The van der Waals surface area contributed by atoms with Crippen LogP contribution in [0.1, 0.15) is 31.7 Å². The van der Waals surface area contributed by atoms with E-state index in [2.05, 4.69) is 10.2 Å². The summed E-state index contributed by atoms with van der Waals surface area (Å²) in [4.78, 5) is 26.3. The molecule has 0 aromatic heterocycles. The Balaban J connectivity index is 1.36. The molecule has 1 N–H and O–H groups in total. The highest BCUT2D eigenvalue weighted by Crippen LogP contribution is 2.36. The van der Waals surface area contributed by atoms with Gasteiger partial charge in [0.15, 0.2) is 0 Å². The smallest absolute Gasteiger partial charge is 0.328 e. The van der Waals surface area contributed by atoms with Gasteiger partial charge in [0.05, 0.1) is 18.8 Å². The van der Waals surface area contributed by atoms with Crippen LogP contribution in [-0.4, -0.2) is 54.7 Å². The topological polar surface area (TPSA) is 67.9 Å². The third-order valence-corrected chi connectivity index (χ3v) is 5.06. The quantitative estimate of drug-likeness (QED) is 0.791. The summed E-state index contributed by atoms with van der Waals surface area (Å²) < 4.78 is 10.9. The van der Waals surface area contributed by atoms with Gasteiger partial charge in [-0.1, -0.05) is 30.3 Å². The number of likely N-dealkylation sites (tertiary alicyclic amines) is 1. The first kappa shape index (κ1) is 17.9. The van der Waals surface area contributed by atoms with Gasteiger partial charge in [0.25, 0.3) is 0 Å². The first-order chi connectivity index (χ1) is 12.1. The number of esters is 1. The Morgan fingerprint density at radius 1 is 1.24 bits per heavy atom. The van der Waals surface area contributed by atoms with Gasteiger partial charge < -0.3 is 14.8 Å². The highest BCUT2D eigenvalue weighted by Gasteiger charge is 2.41. The van der Waals surface area contributed by atoms with Crippen molar-refractivity contribution in [2.75, 3.05) is 26.2 Å². The molecule has 1 spiro atoms. The van der Waals surface area contributed by atoms with Crippen LogP contribution in [0.25, 0.3) is 0 Å². The first-order valence-corrected chi connectivity index (χ1v) is 8.93. The largest absolute Gasteiger partial charge is 0.459 e. The molecule has 6 nitrogen and oxygen atoms in total. The minimum absolute atomic E-state index is 0.0848. The molecule has 2 aliphatic heterocycles. The predicted molar refractivity (Wildman–Crippen MR) is 92.8 cm³/mol. The minimum Gasteiger partial charge on any atom is -0.459 e. The van der Waals surface area contributed by atoms with E-state index >= 15 is 0 Å². The SMILES string of the molecule is C[C@H](NC(=O)CN1CCC2(CCO2)CC1)C(=O)OCc1ccccc1. The van der Waals surface area contributed by atoms with Crippen molar-refractivity contribution in [1.29, 1.82) is 0 Å². The zero-order valence-electron chi connectivity index (χ0n) is 14.7. The molecule has 0 bridgehead atoms. The third-order valence-electron chi connectivity index (χ3n) is 5.06. The predicted octanol–water partition coefficient (Wildman–Crippen LogP) is 1.49. The number of rotatable bonds is 6. The lowest BCUT2D eigenvalue weighted by atomic mass is 9.84. The molecule has 1 atom stereocenters. The zero-order valence-corrected chi connectivity index (χ0v) is 14.7. The Morgan fingerprint density at radius 2 is 1.92 bits per heavy atom. The summed E-state index contributed by atoms with van der Waals surface area (Å²) in [5, 5.41) is 2.73. The van der Waals surface area contributed by atoms with Crippen LogP contribution in [-0.2, 0) is 25.7 Å². The summed E-state index contributed by atoms with van der Waals surface area (Å²) in [6.45, 7) is 4.77. The van der Waals surface area contributed by atoms with Crippen LogP contribution in [0.4, 0.5) is 0 Å². The van der Waals surface area contributed by atoms with Gasteiger partial charge in [-0.25, -0.2) is 4.79 Å². The minimum atomic E-state index is -0.651. The molecular formula is C19H26N2O4. The molecule has 0 saturated carbocycles. The average Bonchev–Trinajstić information content (AvgIpc) is 2.59. The van der Waals surface area contributed by atoms with Crippen molar-refractivity contribution < 1.29 is 19.1 Å². The number of carbonyl (C=O) groups is 2. The van der Waals surface area contributed by atoms with E-state index in [0.717, 1.165) is 44.5 Å². The molecule has 0 radical (unpaired) electrons. The van der Waals surface area contributed by atoms with Gasteiger partial charge >= 0.3 is 5.97 Å². The summed E-state index contributed by atoms with van der Waals surface area (Å²) in [6, 6.07) is 8.84. The maximum Gasteiger partial charge on any atom is 0.328 e. The second kappa shape index (κ2) is 7.97. The second-order valence-corrected chi connectivity index (χ2v) is 6.94. The van der Waals surface area contributed by atoms with Crippen molar-refractivity contribution >= 4 is 11.9 Å². The molecule has 1 aromatic carbocycles. The highest BCUT2D eigenvalue weighted by atomic mass is 16.5. The van der Waals surface area contributed by atoms with Gasteiger partial charge in [0.1, 0.15) is 12.6 Å². The molecule has 2 aliphatic rings. The van der Waals surface area contributed by atoms with E-state index < -0.39 is 12.0 Å². The van der Waals surface area contributed by atoms with Crippen LogP contribution in [0.2, 0.25) is 0 Å². The van der Waals surface area contributed by atoms with Crippen LogP contribution in [0, 0.1) is 0 Å². The van der Waals surface area contributed by atoms with Gasteiger partial charge in [-0.15, -0.1) is 0 Å². The molecule has 25 heavy (non-hydrogen) atoms. The Kier molecular flexibility index (Phi) is 5.71. The fourth-order valence-electron chi connectivity index (χ4n) is 3.31. The molecule has 1 aromatic rings. The third kappa shape index (κ3) is 4.80. The molecule has 136 valence electrons. The summed E-state index contributed by atoms with van der Waals surface area (Å²) in [6.07, 6.45) is 3.10. The van der Waals surface area contributed by atoms with Crippen LogP contribution in [0.3, 0.4) is 0 Å². The Labute approximate surface area is 148 Å². The molecular weight excluding hydrogens is 320 g/mol. The Bertz CT molecular complexity index is 591. The van der Waals surface area contributed by atoms with Crippen molar-refractivity contribution in [3.8, 4) is 0 Å². The van der Waals surface area contributed by atoms with E-state index in [1.165, 1.54) is 0 Å². The van der Waals surface area contributed by atoms with Crippen molar-refractivity contribution in [1.82, 2.24) is 10.2 Å². The lowest BCUT2D eigenvalue weighted by molar-refractivity contribution is -0.173. The van der Waals surface area contributed by atoms with Gasteiger partial charge in [0, 0.05) is 13.1 Å². The molecule has 6 heteroatoms. The number of hydrogen-bond donors (Lipinski definition) is 1. The highest BCUT2D eigenvalue weighted by molar-refractivity contribution is 5.85. The number of nitrogens with zero attached hydrogens (tertiary/aromatic N) is 1. The van der Waals surface area contributed by atoms with Crippen LogP contribution < -0.4 is 5.32 Å². The van der Waals surface area contributed by atoms with Gasteiger partial charge in [-0.3, -0.25) is 9.69 Å². The van der Waals surface area contributed by atoms with Gasteiger partial charge in [-0.05, 0) is 31.7 Å².